The predicted octanol–water partition coefficient (Wildman–Crippen LogP) is 4.68. The molecule has 2 atom stereocenters. The van der Waals surface area contributed by atoms with Gasteiger partial charge in [-0.15, -0.1) is 0 Å². The van der Waals surface area contributed by atoms with Crippen LogP contribution in [0.5, 0.6) is 0 Å². The minimum Gasteiger partial charge on any atom is -0.444 e. The van der Waals surface area contributed by atoms with Crippen molar-refractivity contribution >= 4 is 11.8 Å². The number of hydrogen-bond acceptors (Lipinski definition) is 4. The quantitative estimate of drug-likeness (QED) is 0.859. The Bertz CT molecular complexity index is 575. The van der Waals surface area contributed by atoms with Gasteiger partial charge in [0.25, 0.3) is 0 Å². The number of amides is 1. The molecule has 1 fully saturated rings. The third-order valence-electron chi connectivity index (χ3n) is 4.62. The summed E-state index contributed by atoms with van der Waals surface area (Å²) in [5, 5.41) is 3.59. The van der Waals surface area contributed by atoms with Gasteiger partial charge in [-0.1, -0.05) is 0 Å². The molecular formula is C20H33N3O2. The highest BCUT2D eigenvalue weighted by Crippen LogP contribution is 2.25. The number of carbonyl (C=O) groups is 1. The Balaban J connectivity index is 2.02. The molecule has 0 aliphatic carbocycles. The van der Waals surface area contributed by atoms with Crippen molar-refractivity contribution in [3.8, 4) is 0 Å². The molecule has 0 spiro atoms. The van der Waals surface area contributed by atoms with Crippen molar-refractivity contribution in [3.63, 3.8) is 0 Å². The van der Waals surface area contributed by atoms with Crippen LogP contribution in [0.25, 0.3) is 0 Å². The van der Waals surface area contributed by atoms with Crippen LogP contribution in [0.4, 0.5) is 10.5 Å². The number of nitrogens with one attached hydrogen (secondary N) is 1. The summed E-state index contributed by atoms with van der Waals surface area (Å²) in [5.74, 6) is 0. The number of hydrogen-bond donors (Lipinski definition) is 1. The van der Waals surface area contributed by atoms with Crippen molar-refractivity contribution in [2.24, 2.45) is 0 Å². The lowest BCUT2D eigenvalue weighted by molar-refractivity contribution is 0.00852. The highest BCUT2D eigenvalue weighted by molar-refractivity contribution is 5.68. The van der Waals surface area contributed by atoms with Gasteiger partial charge in [0, 0.05) is 24.8 Å². The normalized spacial score (nSPS) is 19.4. The van der Waals surface area contributed by atoms with Gasteiger partial charge in [-0.3, -0.25) is 4.98 Å². The summed E-state index contributed by atoms with van der Waals surface area (Å²) in [6, 6.07) is 2.51. The molecule has 1 aliphatic rings. The lowest BCUT2D eigenvalue weighted by Gasteiger charge is -2.38. The maximum absolute atomic E-state index is 12.5. The number of anilines is 1. The Labute approximate surface area is 152 Å². The molecule has 2 unspecified atom stereocenters. The lowest BCUT2D eigenvalue weighted by atomic mass is 9.96. The summed E-state index contributed by atoms with van der Waals surface area (Å²) in [6.45, 7) is 12.8. The van der Waals surface area contributed by atoms with Gasteiger partial charge in [0.05, 0.1) is 11.4 Å². The van der Waals surface area contributed by atoms with Crippen LogP contribution >= 0.6 is 0 Å². The molecule has 140 valence electrons. The summed E-state index contributed by atoms with van der Waals surface area (Å²) >= 11 is 0. The second-order valence-corrected chi connectivity index (χ2v) is 8.19. The van der Waals surface area contributed by atoms with Gasteiger partial charge in [-0.05, 0) is 78.9 Å². The van der Waals surface area contributed by atoms with E-state index in [1.807, 2.05) is 44.9 Å². The molecule has 1 saturated heterocycles. The fraction of sp³-hybridized carbons (Fsp3) is 0.700. The molecule has 1 aromatic heterocycles. The van der Waals surface area contributed by atoms with Gasteiger partial charge in [-0.2, -0.15) is 0 Å². The van der Waals surface area contributed by atoms with Crippen molar-refractivity contribution in [2.45, 2.75) is 84.9 Å². The molecular weight excluding hydrogens is 314 g/mol. The fourth-order valence-electron chi connectivity index (χ4n) is 3.43. The van der Waals surface area contributed by atoms with E-state index in [0.717, 1.165) is 37.2 Å². The fourth-order valence-corrected chi connectivity index (χ4v) is 3.43. The molecule has 0 saturated carbocycles. The molecule has 5 heteroatoms. The Hall–Kier alpha value is -1.78. The SMILES string of the molecule is Cc1ccnc(C)c1NC(C)CC1CCCCN1C(=O)OC(C)(C)C. The van der Waals surface area contributed by atoms with Gasteiger partial charge in [0.1, 0.15) is 5.60 Å². The number of rotatable bonds is 4. The molecule has 0 aromatic carbocycles. The maximum atomic E-state index is 12.5. The Morgan fingerprint density at radius 1 is 1.40 bits per heavy atom. The van der Waals surface area contributed by atoms with E-state index in [1.54, 1.807) is 0 Å². The van der Waals surface area contributed by atoms with Crippen molar-refractivity contribution < 1.29 is 9.53 Å². The van der Waals surface area contributed by atoms with Crippen LogP contribution in [0, 0.1) is 13.8 Å². The number of nitrogens with zero attached hydrogens (tertiary/aromatic N) is 2. The Morgan fingerprint density at radius 3 is 2.76 bits per heavy atom. The summed E-state index contributed by atoms with van der Waals surface area (Å²) in [7, 11) is 0. The van der Waals surface area contributed by atoms with E-state index in [2.05, 4.69) is 24.1 Å². The molecule has 0 radical (unpaired) electrons. The van der Waals surface area contributed by atoms with E-state index < -0.39 is 5.60 Å². The number of aryl methyl sites for hydroxylation is 2. The van der Waals surface area contributed by atoms with Crippen LogP contribution < -0.4 is 5.32 Å². The van der Waals surface area contributed by atoms with Crippen LogP contribution in [-0.2, 0) is 4.74 Å². The van der Waals surface area contributed by atoms with E-state index in [0.29, 0.717) is 0 Å². The molecule has 2 rings (SSSR count). The van der Waals surface area contributed by atoms with Crippen LogP contribution in [0.3, 0.4) is 0 Å². The smallest absolute Gasteiger partial charge is 0.410 e. The largest absolute Gasteiger partial charge is 0.444 e. The predicted molar refractivity (Wildman–Crippen MR) is 102 cm³/mol. The third-order valence-corrected chi connectivity index (χ3v) is 4.62. The molecule has 1 amide bonds. The highest BCUT2D eigenvalue weighted by Gasteiger charge is 2.31. The first kappa shape index (κ1) is 19.5. The summed E-state index contributed by atoms with van der Waals surface area (Å²) in [4.78, 5) is 18.8. The van der Waals surface area contributed by atoms with Crippen LogP contribution in [-0.4, -0.2) is 40.2 Å². The van der Waals surface area contributed by atoms with E-state index in [4.69, 9.17) is 4.74 Å². The average molecular weight is 348 g/mol. The van der Waals surface area contributed by atoms with E-state index in [-0.39, 0.29) is 18.2 Å². The second-order valence-electron chi connectivity index (χ2n) is 8.19. The van der Waals surface area contributed by atoms with E-state index in [9.17, 15) is 4.79 Å². The average Bonchev–Trinajstić information content (AvgIpc) is 2.50. The van der Waals surface area contributed by atoms with Gasteiger partial charge < -0.3 is 15.0 Å². The number of piperidine rings is 1. The maximum Gasteiger partial charge on any atom is 0.410 e. The monoisotopic (exact) mass is 347 g/mol. The zero-order valence-electron chi connectivity index (χ0n) is 16.6. The molecule has 2 heterocycles. The molecule has 1 aromatic rings. The number of carbonyl (C=O) groups excluding carboxylic acids is 1. The van der Waals surface area contributed by atoms with Crippen molar-refractivity contribution in [1.82, 2.24) is 9.88 Å². The van der Waals surface area contributed by atoms with Gasteiger partial charge in [0.15, 0.2) is 0 Å². The van der Waals surface area contributed by atoms with Gasteiger partial charge in [0.2, 0.25) is 0 Å². The zero-order chi connectivity index (χ0) is 18.6. The number of ether oxygens (including phenoxy) is 1. The Morgan fingerprint density at radius 2 is 2.12 bits per heavy atom. The van der Waals surface area contributed by atoms with Crippen molar-refractivity contribution in [2.75, 3.05) is 11.9 Å². The second kappa shape index (κ2) is 8.07. The topological polar surface area (TPSA) is 54.5 Å². The van der Waals surface area contributed by atoms with Crippen LogP contribution in [0.15, 0.2) is 12.3 Å². The molecule has 25 heavy (non-hydrogen) atoms. The third kappa shape index (κ3) is 5.62. The van der Waals surface area contributed by atoms with Gasteiger partial charge in [-0.25, -0.2) is 4.79 Å². The highest BCUT2D eigenvalue weighted by atomic mass is 16.6. The lowest BCUT2D eigenvalue weighted by Crippen LogP contribution is -2.47. The zero-order valence-corrected chi connectivity index (χ0v) is 16.6. The molecule has 0 bridgehead atoms. The number of likely N-dealkylation sites (tertiary alicyclic amines) is 1. The minimum absolute atomic E-state index is 0.182. The van der Waals surface area contributed by atoms with Crippen LogP contribution in [0.1, 0.15) is 64.6 Å². The summed E-state index contributed by atoms with van der Waals surface area (Å²) < 4.78 is 5.60. The first-order chi connectivity index (χ1) is 11.7. The van der Waals surface area contributed by atoms with Crippen molar-refractivity contribution in [3.05, 3.63) is 23.5 Å². The van der Waals surface area contributed by atoms with Gasteiger partial charge >= 0.3 is 6.09 Å². The van der Waals surface area contributed by atoms with Crippen LogP contribution in [0.2, 0.25) is 0 Å². The number of pyridine rings is 1. The van der Waals surface area contributed by atoms with E-state index in [1.165, 1.54) is 12.0 Å². The first-order valence-electron chi connectivity index (χ1n) is 9.35. The summed E-state index contributed by atoms with van der Waals surface area (Å²) in [6.07, 6.45) is 5.83. The molecule has 5 nitrogen and oxygen atoms in total. The molecule has 1 aliphatic heterocycles. The minimum atomic E-state index is -0.452. The first-order valence-corrected chi connectivity index (χ1v) is 9.35. The Kier molecular flexibility index (Phi) is 6.31. The number of aromatic nitrogens is 1. The van der Waals surface area contributed by atoms with E-state index >= 15 is 0 Å². The molecule has 1 N–H and O–H groups in total. The van der Waals surface area contributed by atoms with Crippen molar-refractivity contribution in [1.29, 1.82) is 0 Å². The summed E-state index contributed by atoms with van der Waals surface area (Å²) in [5.41, 5.74) is 2.87. The standard InChI is InChI=1S/C20H33N3O2/c1-14-10-11-21-16(3)18(14)22-15(2)13-17-9-7-8-12-23(17)19(24)25-20(4,5)6/h10-11,15,17,22H,7-9,12-13H2,1-6H3.